The van der Waals surface area contributed by atoms with Crippen molar-refractivity contribution in [3.8, 4) is 5.75 Å². The van der Waals surface area contributed by atoms with E-state index in [4.69, 9.17) is 4.74 Å². The number of aryl methyl sites for hydroxylation is 1. The number of carbonyl (C=O) groups is 1. The van der Waals surface area contributed by atoms with Gasteiger partial charge in [0, 0.05) is 43.3 Å². The zero-order valence-electron chi connectivity index (χ0n) is 16.7. The van der Waals surface area contributed by atoms with Crippen LogP contribution in [0, 0.1) is 0 Å². The van der Waals surface area contributed by atoms with E-state index in [0.717, 1.165) is 52.8 Å². The van der Waals surface area contributed by atoms with Gasteiger partial charge in [-0.1, -0.05) is 6.07 Å². The number of nitrogens with one attached hydrogen (secondary N) is 1. The SMILES string of the molecule is COc1cccc2c1cc(C(=O)N1CCCC(c3cc4ncccc4[nH]3)C1)n2C. The van der Waals surface area contributed by atoms with Crippen molar-refractivity contribution in [2.24, 2.45) is 7.05 Å². The monoisotopic (exact) mass is 388 g/mol. The summed E-state index contributed by atoms with van der Waals surface area (Å²) < 4.78 is 7.45. The molecule has 1 fully saturated rings. The van der Waals surface area contributed by atoms with Crippen molar-refractivity contribution >= 4 is 27.8 Å². The minimum absolute atomic E-state index is 0.0738. The number of hydrogen-bond acceptors (Lipinski definition) is 3. The first-order valence-electron chi connectivity index (χ1n) is 10.0. The minimum atomic E-state index is 0.0738. The highest BCUT2D eigenvalue weighted by molar-refractivity contribution is 6.00. The number of aromatic nitrogens is 3. The molecule has 1 aliphatic heterocycles. The molecule has 1 aliphatic rings. The van der Waals surface area contributed by atoms with E-state index in [2.05, 4.69) is 16.0 Å². The summed E-state index contributed by atoms with van der Waals surface area (Å²) in [6.07, 6.45) is 3.87. The fourth-order valence-corrected chi connectivity index (χ4v) is 4.49. The number of carbonyl (C=O) groups excluding carboxylic acids is 1. The van der Waals surface area contributed by atoms with Gasteiger partial charge in [0.05, 0.1) is 23.7 Å². The smallest absolute Gasteiger partial charge is 0.270 e. The molecule has 1 amide bonds. The Kier molecular flexibility index (Phi) is 4.27. The molecule has 1 unspecified atom stereocenters. The average molecular weight is 388 g/mol. The quantitative estimate of drug-likeness (QED) is 0.575. The molecular formula is C23H24N4O2. The van der Waals surface area contributed by atoms with Gasteiger partial charge in [-0.15, -0.1) is 0 Å². The van der Waals surface area contributed by atoms with Gasteiger partial charge in [-0.05, 0) is 49.2 Å². The fraction of sp³-hybridized carbons (Fsp3) is 0.304. The topological polar surface area (TPSA) is 63.1 Å². The molecule has 4 aromatic rings. The van der Waals surface area contributed by atoms with Gasteiger partial charge in [0.1, 0.15) is 11.4 Å². The van der Waals surface area contributed by atoms with Crippen LogP contribution < -0.4 is 4.74 Å². The lowest BCUT2D eigenvalue weighted by molar-refractivity contribution is 0.0697. The summed E-state index contributed by atoms with van der Waals surface area (Å²) in [4.78, 5) is 23.3. The summed E-state index contributed by atoms with van der Waals surface area (Å²) in [5, 5.41) is 0.969. The Balaban J connectivity index is 1.44. The maximum atomic E-state index is 13.4. The number of amides is 1. The van der Waals surface area contributed by atoms with Crippen LogP contribution in [0.15, 0.2) is 48.7 Å². The molecule has 6 nitrogen and oxygen atoms in total. The average Bonchev–Trinajstić information content (AvgIpc) is 3.35. The number of H-pyrrole nitrogens is 1. The first-order chi connectivity index (χ1) is 14.2. The Morgan fingerprint density at radius 1 is 1.24 bits per heavy atom. The maximum absolute atomic E-state index is 13.4. The van der Waals surface area contributed by atoms with Crippen LogP contribution in [-0.4, -0.2) is 45.5 Å². The standard InChI is InChI=1S/C23H24N4O2/c1-26-20-8-3-9-22(29-2)16(20)12-21(26)23(28)27-11-5-6-15(14-27)18-13-19-17(25-18)7-4-10-24-19/h3-4,7-10,12-13,15,25H,5-6,11,14H2,1-2H3. The second-order valence-corrected chi connectivity index (χ2v) is 7.73. The molecule has 3 aromatic heterocycles. The molecule has 4 heterocycles. The third kappa shape index (κ3) is 2.95. The lowest BCUT2D eigenvalue weighted by Gasteiger charge is -2.32. The number of ether oxygens (including phenoxy) is 1. The van der Waals surface area contributed by atoms with Crippen LogP contribution in [0.4, 0.5) is 0 Å². The second kappa shape index (κ2) is 6.95. The van der Waals surface area contributed by atoms with Crippen LogP contribution in [0.5, 0.6) is 5.75 Å². The Labute approximate surface area is 169 Å². The summed E-state index contributed by atoms with van der Waals surface area (Å²) >= 11 is 0. The fourth-order valence-electron chi connectivity index (χ4n) is 4.49. The summed E-state index contributed by atoms with van der Waals surface area (Å²) in [7, 11) is 3.60. The van der Waals surface area contributed by atoms with Crippen molar-refractivity contribution < 1.29 is 9.53 Å². The van der Waals surface area contributed by atoms with Crippen molar-refractivity contribution in [3.63, 3.8) is 0 Å². The molecule has 5 rings (SSSR count). The Bertz CT molecular complexity index is 1170. The Hall–Kier alpha value is -3.28. The van der Waals surface area contributed by atoms with Gasteiger partial charge in [-0.3, -0.25) is 9.78 Å². The number of pyridine rings is 1. The second-order valence-electron chi connectivity index (χ2n) is 7.73. The van der Waals surface area contributed by atoms with Crippen LogP contribution in [-0.2, 0) is 7.05 Å². The number of hydrogen-bond donors (Lipinski definition) is 1. The first kappa shape index (κ1) is 17.8. The lowest BCUT2D eigenvalue weighted by atomic mass is 9.94. The van der Waals surface area contributed by atoms with Crippen LogP contribution in [0.25, 0.3) is 21.9 Å². The molecule has 1 aromatic carbocycles. The van der Waals surface area contributed by atoms with Crippen LogP contribution in [0.1, 0.15) is 34.9 Å². The molecule has 0 saturated carbocycles. The number of piperidine rings is 1. The van der Waals surface area contributed by atoms with Gasteiger partial charge in [0.25, 0.3) is 5.91 Å². The number of nitrogens with zero attached hydrogens (tertiary/aromatic N) is 3. The van der Waals surface area contributed by atoms with E-state index in [1.165, 1.54) is 0 Å². The summed E-state index contributed by atoms with van der Waals surface area (Å²) in [5.74, 6) is 1.16. The summed E-state index contributed by atoms with van der Waals surface area (Å²) in [5.41, 5.74) is 4.89. The molecular weight excluding hydrogens is 364 g/mol. The van der Waals surface area contributed by atoms with Gasteiger partial charge in [-0.2, -0.15) is 0 Å². The molecule has 0 spiro atoms. The zero-order chi connectivity index (χ0) is 20.0. The normalized spacial score (nSPS) is 17.2. The van der Waals surface area contributed by atoms with E-state index in [-0.39, 0.29) is 5.91 Å². The molecule has 29 heavy (non-hydrogen) atoms. The number of aromatic amines is 1. The molecule has 0 aliphatic carbocycles. The number of methoxy groups -OCH3 is 1. The van der Waals surface area contributed by atoms with E-state index in [1.807, 2.05) is 59.1 Å². The molecule has 1 atom stereocenters. The third-order valence-corrected chi connectivity index (χ3v) is 6.04. The lowest BCUT2D eigenvalue weighted by Crippen LogP contribution is -2.39. The minimum Gasteiger partial charge on any atom is -0.496 e. The third-order valence-electron chi connectivity index (χ3n) is 6.04. The summed E-state index contributed by atoms with van der Waals surface area (Å²) in [6, 6.07) is 14.0. The highest BCUT2D eigenvalue weighted by Crippen LogP contribution is 2.31. The van der Waals surface area contributed by atoms with Gasteiger partial charge >= 0.3 is 0 Å². The van der Waals surface area contributed by atoms with Gasteiger partial charge in [-0.25, -0.2) is 0 Å². The molecule has 148 valence electrons. The highest BCUT2D eigenvalue weighted by Gasteiger charge is 2.28. The maximum Gasteiger partial charge on any atom is 0.270 e. The summed E-state index contributed by atoms with van der Waals surface area (Å²) in [6.45, 7) is 1.50. The number of benzene rings is 1. The van der Waals surface area contributed by atoms with E-state index in [0.29, 0.717) is 18.2 Å². The first-order valence-corrected chi connectivity index (χ1v) is 10.0. The molecule has 6 heteroatoms. The van der Waals surface area contributed by atoms with Crippen molar-refractivity contribution in [2.45, 2.75) is 18.8 Å². The number of fused-ring (bicyclic) bond motifs is 2. The van der Waals surface area contributed by atoms with Crippen molar-refractivity contribution in [3.05, 3.63) is 60.0 Å². The van der Waals surface area contributed by atoms with Gasteiger partial charge < -0.3 is 19.2 Å². The molecule has 1 saturated heterocycles. The van der Waals surface area contributed by atoms with E-state index in [1.54, 1.807) is 7.11 Å². The predicted octanol–water partition coefficient (Wildman–Crippen LogP) is 4.08. The van der Waals surface area contributed by atoms with Crippen molar-refractivity contribution in [2.75, 3.05) is 20.2 Å². The molecule has 0 radical (unpaired) electrons. The predicted molar refractivity (Wildman–Crippen MR) is 113 cm³/mol. The van der Waals surface area contributed by atoms with E-state index < -0.39 is 0 Å². The van der Waals surface area contributed by atoms with Crippen LogP contribution >= 0.6 is 0 Å². The number of likely N-dealkylation sites (tertiary alicyclic amines) is 1. The largest absolute Gasteiger partial charge is 0.496 e. The molecule has 1 N–H and O–H groups in total. The van der Waals surface area contributed by atoms with Crippen molar-refractivity contribution in [1.29, 1.82) is 0 Å². The van der Waals surface area contributed by atoms with E-state index in [9.17, 15) is 4.79 Å². The highest BCUT2D eigenvalue weighted by atomic mass is 16.5. The van der Waals surface area contributed by atoms with Gasteiger partial charge in [0.2, 0.25) is 0 Å². The van der Waals surface area contributed by atoms with E-state index >= 15 is 0 Å². The zero-order valence-corrected chi connectivity index (χ0v) is 16.7. The van der Waals surface area contributed by atoms with Crippen molar-refractivity contribution in [1.82, 2.24) is 19.4 Å². The number of rotatable bonds is 3. The Morgan fingerprint density at radius 2 is 2.14 bits per heavy atom. The molecule has 0 bridgehead atoms. The van der Waals surface area contributed by atoms with Crippen LogP contribution in [0.2, 0.25) is 0 Å². The van der Waals surface area contributed by atoms with Crippen LogP contribution in [0.3, 0.4) is 0 Å². The Morgan fingerprint density at radius 3 is 2.97 bits per heavy atom. The van der Waals surface area contributed by atoms with Gasteiger partial charge in [0.15, 0.2) is 0 Å².